The number of esters is 1. The Morgan fingerprint density at radius 1 is 0.971 bits per heavy atom. The highest BCUT2D eigenvalue weighted by Crippen LogP contribution is 2.49. The van der Waals surface area contributed by atoms with Crippen LogP contribution in [-0.2, 0) is 14.8 Å². The Balaban J connectivity index is 1.42. The van der Waals surface area contributed by atoms with E-state index in [-0.39, 0.29) is 16.5 Å². The monoisotopic (exact) mass is 494 g/mol. The smallest absolute Gasteiger partial charge is 0.337 e. The van der Waals surface area contributed by atoms with Gasteiger partial charge in [0.05, 0.1) is 47.1 Å². The number of fused-ring (bicyclic) bond motifs is 2. The zero-order chi connectivity index (χ0) is 24.6. The number of para-hydroxylation sites is 4. The number of hydrogen-bond acceptors (Lipinski definition) is 7. The van der Waals surface area contributed by atoms with Crippen molar-refractivity contribution in [3.63, 3.8) is 0 Å². The fraction of sp³-hybridized carbons (Fsp3) is 0.269. The topological polar surface area (TPSA) is 105 Å². The zero-order valence-electron chi connectivity index (χ0n) is 19.1. The quantitative estimate of drug-likeness (QED) is 0.517. The van der Waals surface area contributed by atoms with Crippen LogP contribution in [0, 0.1) is 0 Å². The van der Waals surface area contributed by atoms with Crippen LogP contribution < -0.4 is 14.4 Å². The highest BCUT2D eigenvalue weighted by Gasteiger charge is 2.41. The number of sulfonamides is 1. The Kier molecular flexibility index (Phi) is 6.22. The van der Waals surface area contributed by atoms with Gasteiger partial charge in [0.2, 0.25) is 10.0 Å². The van der Waals surface area contributed by atoms with E-state index in [1.165, 1.54) is 31.4 Å². The van der Waals surface area contributed by atoms with Gasteiger partial charge in [-0.1, -0.05) is 24.3 Å². The van der Waals surface area contributed by atoms with E-state index in [2.05, 4.69) is 14.4 Å². The highest BCUT2D eigenvalue weighted by atomic mass is 32.2. The first-order valence-corrected chi connectivity index (χ1v) is 12.9. The summed E-state index contributed by atoms with van der Waals surface area (Å²) in [6.45, 7) is 0. The molecular weight excluding hydrogens is 468 g/mol. The molecule has 3 aromatic rings. The minimum absolute atomic E-state index is 0.0153. The van der Waals surface area contributed by atoms with Crippen LogP contribution in [0.5, 0.6) is 11.5 Å². The fourth-order valence-corrected chi connectivity index (χ4v) is 6.10. The van der Waals surface area contributed by atoms with Crippen molar-refractivity contribution in [2.24, 2.45) is 0 Å². The van der Waals surface area contributed by atoms with Gasteiger partial charge in [0, 0.05) is 0 Å². The van der Waals surface area contributed by atoms with Gasteiger partial charge in [-0.25, -0.2) is 17.9 Å². The predicted octanol–water partition coefficient (Wildman–Crippen LogP) is 3.98. The van der Waals surface area contributed by atoms with Crippen molar-refractivity contribution >= 4 is 27.4 Å². The van der Waals surface area contributed by atoms with E-state index in [1.807, 2.05) is 48.5 Å². The molecule has 1 aliphatic carbocycles. The number of carbonyl (C=O) groups is 1. The Morgan fingerprint density at radius 2 is 1.57 bits per heavy atom. The molecule has 0 radical (unpaired) electrons. The molecule has 1 heterocycles. The zero-order valence-corrected chi connectivity index (χ0v) is 19.9. The summed E-state index contributed by atoms with van der Waals surface area (Å²) < 4.78 is 39.6. The van der Waals surface area contributed by atoms with Crippen LogP contribution in [0.1, 0.15) is 29.6 Å². The summed E-state index contributed by atoms with van der Waals surface area (Å²) in [5.74, 6) is 0.831. The highest BCUT2D eigenvalue weighted by molar-refractivity contribution is 7.89. The molecule has 1 saturated carbocycles. The normalized spacial score (nSPS) is 21.4. The molecular formula is C26H26N2O6S. The van der Waals surface area contributed by atoms with Gasteiger partial charge in [0.25, 0.3) is 0 Å². The predicted molar refractivity (Wildman–Crippen MR) is 131 cm³/mol. The van der Waals surface area contributed by atoms with E-state index in [4.69, 9.17) is 4.74 Å². The molecule has 0 bridgehead atoms. The molecule has 1 aliphatic heterocycles. The van der Waals surface area contributed by atoms with Gasteiger partial charge in [-0.15, -0.1) is 0 Å². The lowest BCUT2D eigenvalue weighted by Gasteiger charge is -2.44. The van der Waals surface area contributed by atoms with Crippen molar-refractivity contribution in [3.05, 3.63) is 78.4 Å². The van der Waals surface area contributed by atoms with E-state index < -0.39 is 28.1 Å². The first-order valence-electron chi connectivity index (χ1n) is 11.4. The van der Waals surface area contributed by atoms with Gasteiger partial charge >= 0.3 is 5.97 Å². The van der Waals surface area contributed by atoms with E-state index >= 15 is 0 Å². The largest absolute Gasteiger partial charge is 0.465 e. The Bertz CT molecular complexity index is 1300. The van der Waals surface area contributed by atoms with Crippen LogP contribution in [0.25, 0.3) is 0 Å². The van der Waals surface area contributed by atoms with Crippen LogP contribution in [0.15, 0.2) is 77.7 Å². The average molecular weight is 495 g/mol. The summed E-state index contributed by atoms with van der Waals surface area (Å²) in [7, 11) is -2.66. The molecule has 0 amide bonds. The van der Waals surface area contributed by atoms with Gasteiger partial charge in [-0.3, -0.25) is 0 Å². The minimum Gasteiger partial charge on any atom is -0.465 e. The van der Waals surface area contributed by atoms with Crippen molar-refractivity contribution in [1.82, 2.24) is 4.72 Å². The summed E-state index contributed by atoms with van der Waals surface area (Å²) in [5, 5.41) is 11.4. The summed E-state index contributed by atoms with van der Waals surface area (Å²) >= 11 is 0. The second kappa shape index (κ2) is 9.33. The number of nitrogens with one attached hydrogen (secondary N) is 1. The van der Waals surface area contributed by atoms with E-state index in [9.17, 15) is 18.3 Å². The van der Waals surface area contributed by atoms with E-state index in [0.717, 1.165) is 17.8 Å². The molecule has 1 fully saturated rings. The lowest BCUT2D eigenvalue weighted by Crippen LogP contribution is -2.56. The third-order valence-corrected chi connectivity index (χ3v) is 8.02. The maximum Gasteiger partial charge on any atom is 0.337 e. The first-order chi connectivity index (χ1) is 16.9. The van der Waals surface area contributed by atoms with Gasteiger partial charge in [0.15, 0.2) is 11.5 Å². The number of rotatable bonds is 5. The molecule has 35 heavy (non-hydrogen) atoms. The lowest BCUT2D eigenvalue weighted by atomic mass is 9.86. The Morgan fingerprint density at radius 3 is 2.17 bits per heavy atom. The lowest BCUT2D eigenvalue weighted by molar-refractivity contribution is 0.0600. The Labute approximate surface area is 204 Å². The maximum atomic E-state index is 13.1. The molecule has 0 spiro atoms. The number of aliphatic hydroxyl groups excluding tert-OH is 1. The summed E-state index contributed by atoms with van der Waals surface area (Å²) in [6, 6.07) is 19.7. The molecule has 0 aromatic heterocycles. The molecule has 9 heteroatoms. The first kappa shape index (κ1) is 23.3. The van der Waals surface area contributed by atoms with Crippen LogP contribution >= 0.6 is 0 Å². The van der Waals surface area contributed by atoms with Crippen molar-refractivity contribution in [3.8, 4) is 11.5 Å². The molecule has 0 unspecified atom stereocenters. The number of hydrogen-bond donors (Lipinski definition) is 2. The minimum atomic E-state index is -3.92. The van der Waals surface area contributed by atoms with E-state index in [0.29, 0.717) is 24.3 Å². The molecule has 0 saturated heterocycles. The van der Waals surface area contributed by atoms with Crippen LogP contribution in [0.2, 0.25) is 0 Å². The fourth-order valence-electron chi connectivity index (χ4n) is 4.81. The van der Waals surface area contributed by atoms with Crippen molar-refractivity contribution in [1.29, 1.82) is 0 Å². The summed E-state index contributed by atoms with van der Waals surface area (Å²) in [6.07, 6.45) is 0.963. The third-order valence-electron chi connectivity index (χ3n) is 6.51. The van der Waals surface area contributed by atoms with Crippen molar-refractivity contribution < 1.29 is 27.8 Å². The van der Waals surface area contributed by atoms with Crippen molar-refractivity contribution in [2.75, 3.05) is 12.0 Å². The molecule has 182 valence electrons. The average Bonchev–Trinajstić information content (AvgIpc) is 2.88. The summed E-state index contributed by atoms with van der Waals surface area (Å²) in [5.41, 5.74) is 1.92. The molecule has 3 aromatic carbocycles. The third kappa shape index (κ3) is 4.38. The standard InChI is InChI=1S/C26H26N2O6S/c1-33-26(30)17-13-15-18(16-14-17)35(31,32)27-19-7-6-10-22(25(19)29)28-20-8-2-4-11-23(20)34-24-12-5-3-9-21(24)28/h2-5,8-9,11-16,19,22,25,27,29H,6-7,10H2,1H3/t19-,22+,25+/m1/s1. The second-order valence-electron chi connectivity index (χ2n) is 8.64. The second-order valence-corrected chi connectivity index (χ2v) is 10.4. The van der Waals surface area contributed by atoms with Crippen LogP contribution in [0.3, 0.4) is 0 Å². The number of anilines is 2. The van der Waals surface area contributed by atoms with Gasteiger partial charge in [-0.2, -0.15) is 0 Å². The molecule has 2 N–H and O–H groups in total. The Hall–Kier alpha value is -3.40. The van der Waals surface area contributed by atoms with Crippen molar-refractivity contribution in [2.45, 2.75) is 42.3 Å². The summed E-state index contributed by atoms with van der Waals surface area (Å²) in [4.78, 5) is 13.7. The van der Waals surface area contributed by atoms with Gasteiger partial charge in [-0.05, 0) is 67.8 Å². The van der Waals surface area contributed by atoms with Gasteiger partial charge < -0.3 is 19.5 Å². The number of aliphatic hydroxyl groups is 1. The molecule has 3 atom stereocenters. The SMILES string of the molecule is COC(=O)c1ccc(S(=O)(=O)N[C@@H]2CCC[C@H](N3c4ccccc4Oc4ccccc43)[C@H]2O)cc1. The molecule has 8 nitrogen and oxygen atoms in total. The molecule has 2 aliphatic rings. The van der Waals surface area contributed by atoms with Crippen LogP contribution in [0.4, 0.5) is 11.4 Å². The number of ether oxygens (including phenoxy) is 2. The number of nitrogens with zero attached hydrogens (tertiary/aromatic N) is 1. The number of methoxy groups -OCH3 is 1. The van der Waals surface area contributed by atoms with E-state index in [1.54, 1.807) is 0 Å². The number of benzene rings is 3. The van der Waals surface area contributed by atoms with Crippen LogP contribution in [-0.4, -0.2) is 44.8 Å². The number of carbonyl (C=O) groups excluding carboxylic acids is 1. The molecule has 5 rings (SSSR count). The maximum absolute atomic E-state index is 13.1. The van der Waals surface area contributed by atoms with Gasteiger partial charge in [0.1, 0.15) is 0 Å².